The number of para-hydroxylation sites is 1. The molecule has 1 aliphatic heterocycles. The quantitative estimate of drug-likeness (QED) is 0.831. The summed E-state index contributed by atoms with van der Waals surface area (Å²) in [5, 5.41) is 3.69. The fourth-order valence-corrected chi connectivity index (χ4v) is 3.46. The van der Waals surface area contributed by atoms with E-state index in [-0.39, 0.29) is 5.54 Å². The van der Waals surface area contributed by atoms with Gasteiger partial charge in [-0.2, -0.15) is 0 Å². The van der Waals surface area contributed by atoms with Crippen molar-refractivity contribution < 1.29 is 0 Å². The first-order valence-electron chi connectivity index (χ1n) is 7.48. The monoisotopic (exact) mass is 258 g/mol. The lowest BCUT2D eigenvalue weighted by atomic mass is 9.96. The van der Waals surface area contributed by atoms with Crippen LogP contribution >= 0.6 is 0 Å². The summed E-state index contributed by atoms with van der Waals surface area (Å²) < 4.78 is 0. The maximum Gasteiger partial charge on any atom is 0.0470 e. The molecule has 1 aromatic carbocycles. The van der Waals surface area contributed by atoms with Gasteiger partial charge in [0.1, 0.15) is 0 Å². The Labute approximate surface area is 117 Å². The fraction of sp³-hybridized carbons (Fsp3) is 0.647. The summed E-state index contributed by atoms with van der Waals surface area (Å²) in [5.74, 6) is 0. The lowest BCUT2D eigenvalue weighted by Gasteiger charge is -2.41. The van der Waals surface area contributed by atoms with E-state index in [9.17, 15) is 0 Å². The van der Waals surface area contributed by atoms with Crippen LogP contribution < -0.4 is 10.2 Å². The smallest absolute Gasteiger partial charge is 0.0470 e. The van der Waals surface area contributed by atoms with Crippen molar-refractivity contribution in [3.63, 3.8) is 0 Å². The molecule has 0 bridgehead atoms. The Balaban J connectivity index is 2.04. The second-order valence-corrected chi connectivity index (χ2v) is 7.24. The molecule has 0 radical (unpaired) electrons. The topological polar surface area (TPSA) is 15.3 Å². The number of benzene rings is 1. The molecule has 0 atom stereocenters. The third-order valence-electron chi connectivity index (χ3n) is 4.95. The molecule has 0 unspecified atom stereocenters. The molecule has 2 aliphatic rings. The Morgan fingerprint density at radius 1 is 1.05 bits per heavy atom. The van der Waals surface area contributed by atoms with Crippen molar-refractivity contribution in [1.82, 2.24) is 5.32 Å². The average molecular weight is 258 g/mol. The molecule has 2 nitrogen and oxygen atoms in total. The Bertz CT molecular complexity index is 466. The minimum absolute atomic E-state index is 0.183. The van der Waals surface area contributed by atoms with Gasteiger partial charge in [0.25, 0.3) is 0 Å². The highest BCUT2D eigenvalue weighted by Crippen LogP contribution is 2.49. The van der Waals surface area contributed by atoms with Gasteiger partial charge >= 0.3 is 0 Å². The second kappa shape index (κ2) is 4.24. The average Bonchev–Trinajstić information content (AvgIpc) is 3.08. The van der Waals surface area contributed by atoms with E-state index < -0.39 is 0 Å². The van der Waals surface area contributed by atoms with Gasteiger partial charge in [-0.3, -0.25) is 0 Å². The second-order valence-electron chi connectivity index (χ2n) is 7.24. The Hall–Kier alpha value is -1.02. The molecule has 1 spiro atoms. The van der Waals surface area contributed by atoms with Crippen LogP contribution in [-0.2, 0) is 0 Å². The van der Waals surface area contributed by atoms with E-state index in [0.29, 0.717) is 5.41 Å². The van der Waals surface area contributed by atoms with E-state index in [1.165, 1.54) is 42.7 Å². The fourth-order valence-electron chi connectivity index (χ4n) is 3.46. The lowest BCUT2D eigenvalue weighted by molar-refractivity contribution is 0.454. The highest BCUT2D eigenvalue weighted by molar-refractivity contribution is 5.61. The van der Waals surface area contributed by atoms with E-state index in [0.717, 1.165) is 6.54 Å². The number of aryl methyl sites for hydroxylation is 2. The summed E-state index contributed by atoms with van der Waals surface area (Å²) in [5.41, 5.74) is 5.00. The van der Waals surface area contributed by atoms with Crippen LogP contribution in [0.15, 0.2) is 18.2 Å². The number of hydrogen-bond donors (Lipinski definition) is 1. The zero-order valence-corrected chi connectivity index (χ0v) is 12.7. The van der Waals surface area contributed by atoms with Crippen LogP contribution in [0.4, 0.5) is 5.69 Å². The largest absolute Gasteiger partial charge is 0.364 e. The summed E-state index contributed by atoms with van der Waals surface area (Å²) in [6.07, 6.45) is 2.77. The van der Waals surface area contributed by atoms with Gasteiger partial charge < -0.3 is 10.2 Å². The van der Waals surface area contributed by atoms with Crippen molar-refractivity contribution in [3.05, 3.63) is 29.3 Å². The number of anilines is 1. The van der Waals surface area contributed by atoms with Crippen LogP contribution in [0.5, 0.6) is 0 Å². The molecule has 1 saturated carbocycles. The number of nitrogens with zero attached hydrogens (tertiary/aromatic N) is 1. The van der Waals surface area contributed by atoms with Gasteiger partial charge in [0.2, 0.25) is 0 Å². The van der Waals surface area contributed by atoms with E-state index in [2.05, 4.69) is 56.1 Å². The highest BCUT2D eigenvalue weighted by Gasteiger charge is 2.48. The van der Waals surface area contributed by atoms with Crippen LogP contribution in [0.1, 0.15) is 37.8 Å². The molecule has 0 amide bonds. The summed E-state index contributed by atoms with van der Waals surface area (Å²) in [4.78, 5) is 2.67. The number of rotatable bonds is 1. The van der Waals surface area contributed by atoms with Gasteiger partial charge in [-0.05, 0) is 51.7 Å². The molecular weight excluding hydrogens is 232 g/mol. The molecular formula is C17H26N2. The van der Waals surface area contributed by atoms with Crippen LogP contribution in [0, 0.1) is 19.3 Å². The molecule has 0 aromatic heterocycles. The Kier molecular flexibility index (Phi) is 2.90. The van der Waals surface area contributed by atoms with Crippen molar-refractivity contribution in [2.75, 3.05) is 24.5 Å². The SMILES string of the molecule is Cc1cccc(C)c1N1CC2(CC2)CNCC1(C)C. The summed E-state index contributed by atoms with van der Waals surface area (Å²) in [6.45, 7) is 12.7. The van der Waals surface area contributed by atoms with Crippen LogP contribution in [0.3, 0.4) is 0 Å². The molecule has 3 rings (SSSR count). The van der Waals surface area contributed by atoms with Crippen molar-refractivity contribution >= 4 is 5.69 Å². The highest BCUT2D eigenvalue weighted by atomic mass is 15.2. The maximum atomic E-state index is 3.69. The minimum Gasteiger partial charge on any atom is -0.364 e. The van der Waals surface area contributed by atoms with Crippen LogP contribution in [0.25, 0.3) is 0 Å². The third-order valence-corrected chi connectivity index (χ3v) is 4.95. The zero-order chi connectivity index (χ0) is 13.7. The number of nitrogens with one attached hydrogen (secondary N) is 1. The summed E-state index contributed by atoms with van der Waals surface area (Å²) in [6, 6.07) is 6.66. The first-order chi connectivity index (χ1) is 8.94. The van der Waals surface area contributed by atoms with Gasteiger partial charge in [-0.15, -0.1) is 0 Å². The molecule has 19 heavy (non-hydrogen) atoms. The molecule has 2 fully saturated rings. The van der Waals surface area contributed by atoms with Gasteiger partial charge in [0.15, 0.2) is 0 Å². The predicted molar refractivity (Wildman–Crippen MR) is 81.9 cm³/mol. The summed E-state index contributed by atoms with van der Waals surface area (Å²) in [7, 11) is 0. The van der Waals surface area contributed by atoms with Crippen molar-refractivity contribution in [1.29, 1.82) is 0 Å². The predicted octanol–water partition coefficient (Wildman–Crippen LogP) is 3.27. The third kappa shape index (κ3) is 2.27. The standard InChI is InChI=1S/C17H26N2/c1-13-6-5-7-14(2)15(13)19-12-17(8-9-17)11-18-10-16(19,3)4/h5-7,18H,8-12H2,1-4H3. The Morgan fingerprint density at radius 2 is 1.68 bits per heavy atom. The molecule has 104 valence electrons. The minimum atomic E-state index is 0.183. The van der Waals surface area contributed by atoms with Gasteiger partial charge in [0, 0.05) is 36.3 Å². The van der Waals surface area contributed by atoms with E-state index >= 15 is 0 Å². The molecule has 1 N–H and O–H groups in total. The summed E-state index contributed by atoms with van der Waals surface area (Å²) >= 11 is 0. The van der Waals surface area contributed by atoms with Crippen LogP contribution in [0.2, 0.25) is 0 Å². The molecule has 1 heterocycles. The van der Waals surface area contributed by atoms with Crippen molar-refractivity contribution in [2.45, 2.75) is 46.1 Å². The van der Waals surface area contributed by atoms with Gasteiger partial charge in [0.05, 0.1) is 0 Å². The lowest BCUT2D eigenvalue weighted by Crippen LogP contribution is -2.50. The number of hydrogen-bond acceptors (Lipinski definition) is 2. The van der Waals surface area contributed by atoms with Gasteiger partial charge in [-0.1, -0.05) is 18.2 Å². The van der Waals surface area contributed by atoms with E-state index in [1.807, 2.05) is 0 Å². The first-order valence-corrected chi connectivity index (χ1v) is 7.48. The maximum absolute atomic E-state index is 3.69. The molecule has 1 aromatic rings. The van der Waals surface area contributed by atoms with Crippen molar-refractivity contribution in [2.24, 2.45) is 5.41 Å². The Morgan fingerprint density at radius 3 is 2.26 bits per heavy atom. The van der Waals surface area contributed by atoms with Crippen molar-refractivity contribution in [3.8, 4) is 0 Å². The van der Waals surface area contributed by atoms with Crippen LogP contribution in [-0.4, -0.2) is 25.2 Å². The molecule has 2 heteroatoms. The van der Waals surface area contributed by atoms with E-state index in [1.54, 1.807) is 0 Å². The normalized spacial score (nSPS) is 24.3. The molecule has 1 aliphatic carbocycles. The zero-order valence-electron chi connectivity index (χ0n) is 12.7. The first kappa shape index (κ1) is 13.0. The van der Waals surface area contributed by atoms with E-state index in [4.69, 9.17) is 0 Å². The molecule has 1 saturated heterocycles. The van der Waals surface area contributed by atoms with Gasteiger partial charge in [-0.25, -0.2) is 0 Å².